The van der Waals surface area contributed by atoms with Crippen molar-refractivity contribution < 1.29 is 9.90 Å². The molecule has 1 heterocycles. The predicted molar refractivity (Wildman–Crippen MR) is 93.4 cm³/mol. The van der Waals surface area contributed by atoms with Gasteiger partial charge in [-0.15, -0.1) is 0 Å². The molecule has 24 heavy (non-hydrogen) atoms. The lowest BCUT2D eigenvalue weighted by Gasteiger charge is -2.29. The molecule has 0 aliphatic heterocycles. The topological polar surface area (TPSA) is 71.5 Å². The van der Waals surface area contributed by atoms with Gasteiger partial charge < -0.3 is 9.67 Å². The summed E-state index contributed by atoms with van der Waals surface area (Å²) >= 11 is 6.10. The number of amides is 1. The van der Waals surface area contributed by atoms with Gasteiger partial charge in [-0.05, 0) is 45.2 Å². The van der Waals surface area contributed by atoms with Crippen molar-refractivity contribution in [1.29, 1.82) is 0 Å². The highest BCUT2D eigenvalue weighted by molar-refractivity contribution is 6.34. The SMILES string of the molecule is [C-]#[N+]c1cc2c(cc1Cl)nc(NC(=O)CC(C)(C)O)n2C1CCC1. The predicted octanol–water partition coefficient (Wildman–Crippen LogP) is 4.06. The number of aliphatic hydroxyl groups is 1. The average Bonchev–Trinajstić information content (AvgIpc) is 2.71. The largest absolute Gasteiger partial charge is 0.390 e. The van der Waals surface area contributed by atoms with Gasteiger partial charge >= 0.3 is 0 Å². The first-order valence-electron chi connectivity index (χ1n) is 7.89. The summed E-state index contributed by atoms with van der Waals surface area (Å²) in [6.45, 7) is 10.4. The van der Waals surface area contributed by atoms with Crippen molar-refractivity contribution in [1.82, 2.24) is 9.55 Å². The number of fused-ring (bicyclic) bond motifs is 1. The number of halogens is 1. The standard InChI is InChI=1S/C17H19ClN4O2/c1-17(2,24)9-15(23)21-16-20-13-7-11(18)12(19-3)8-14(13)22(16)10-5-4-6-10/h7-8,10,24H,4-6,9H2,1-2H3,(H,20,21,23). The first kappa shape index (κ1) is 16.7. The van der Waals surface area contributed by atoms with Crippen LogP contribution in [-0.4, -0.2) is 26.2 Å². The molecule has 2 N–H and O–H groups in total. The van der Waals surface area contributed by atoms with Gasteiger partial charge in [-0.25, -0.2) is 9.83 Å². The quantitative estimate of drug-likeness (QED) is 0.820. The fraction of sp³-hybridized carbons (Fsp3) is 0.471. The molecule has 0 radical (unpaired) electrons. The molecule has 1 amide bonds. The van der Waals surface area contributed by atoms with E-state index in [9.17, 15) is 9.90 Å². The molecule has 2 aromatic rings. The molecular formula is C17H19ClN4O2. The van der Waals surface area contributed by atoms with Crippen LogP contribution in [0.4, 0.5) is 11.6 Å². The van der Waals surface area contributed by atoms with E-state index in [1.807, 2.05) is 4.57 Å². The Morgan fingerprint density at radius 1 is 1.54 bits per heavy atom. The Kier molecular flexibility index (Phi) is 4.24. The third-order valence-corrected chi connectivity index (χ3v) is 4.47. The zero-order valence-corrected chi connectivity index (χ0v) is 14.4. The van der Waals surface area contributed by atoms with Gasteiger partial charge in [0.15, 0.2) is 0 Å². The minimum absolute atomic E-state index is 0.0189. The van der Waals surface area contributed by atoms with E-state index < -0.39 is 5.60 Å². The van der Waals surface area contributed by atoms with Crippen molar-refractivity contribution in [3.05, 3.63) is 28.6 Å². The number of nitrogens with zero attached hydrogens (tertiary/aromatic N) is 3. The van der Waals surface area contributed by atoms with E-state index in [1.165, 1.54) is 0 Å². The fourth-order valence-corrected chi connectivity index (χ4v) is 3.06. The number of hydrogen-bond acceptors (Lipinski definition) is 3. The Hall–Kier alpha value is -2.10. The van der Waals surface area contributed by atoms with Gasteiger partial charge in [0.25, 0.3) is 0 Å². The van der Waals surface area contributed by atoms with Gasteiger partial charge in [0.2, 0.25) is 17.5 Å². The van der Waals surface area contributed by atoms with Crippen molar-refractivity contribution in [2.24, 2.45) is 0 Å². The van der Waals surface area contributed by atoms with Crippen molar-refractivity contribution in [2.45, 2.75) is 51.2 Å². The van der Waals surface area contributed by atoms with Crippen molar-refractivity contribution in [3.8, 4) is 0 Å². The lowest BCUT2D eigenvalue weighted by Crippen LogP contribution is -2.29. The fourth-order valence-electron chi connectivity index (χ4n) is 2.86. The van der Waals surface area contributed by atoms with Gasteiger partial charge in [0.05, 0.1) is 29.6 Å². The molecule has 0 spiro atoms. The lowest BCUT2D eigenvalue weighted by atomic mass is 9.92. The summed E-state index contributed by atoms with van der Waals surface area (Å²) in [5, 5.41) is 13.0. The van der Waals surface area contributed by atoms with Gasteiger partial charge in [-0.2, -0.15) is 0 Å². The number of anilines is 1. The highest BCUT2D eigenvalue weighted by Crippen LogP contribution is 2.39. The number of imidazole rings is 1. The molecule has 0 bridgehead atoms. The van der Waals surface area contributed by atoms with E-state index in [4.69, 9.17) is 18.2 Å². The Bertz CT molecular complexity index is 841. The van der Waals surface area contributed by atoms with Crippen molar-refractivity contribution in [2.75, 3.05) is 5.32 Å². The second kappa shape index (κ2) is 6.08. The third kappa shape index (κ3) is 3.23. The van der Waals surface area contributed by atoms with E-state index in [0.29, 0.717) is 22.2 Å². The smallest absolute Gasteiger partial charge is 0.229 e. The van der Waals surface area contributed by atoms with Crippen LogP contribution in [0.3, 0.4) is 0 Å². The van der Waals surface area contributed by atoms with Gasteiger partial charge in [0.1, 0.15) is 0 Å². The first-order valence-corrected chi connectivity index (χ1v) is 8.27. The molecule has 0 unspecified atom stereocenters. The molecule has 126 valence electrons. The monoisotopic (exact) mass is 346 g/mol. The maximum Gasteiger partial charge on any atom is 0.229 e. The van der Waals surface area contributed by atoms with Crippen molar-refractivity contribution in [3.63, 3.8) is 0 Å². The van der Waals surface area contributed by atoms with E-state index in [1.54, 1.807) is 26.0 Å². The van der Waals surface area contributed by atoms with Crippen molar-refractivity contribution >= 4 is 40.2 Å². The summed E-state index contributed by atoms with van der Waals surface area (Å²) < 4.78 is 1.98. The minimum atomic E-state index is -1.09. The summed E-state index contributed by atoms with van der Waals surface area (Å²) in [7, 11) is 0. The summed E-state index contributed by atoms with van der Waals surface area (Å²) in [6, 6.07) is 3.64. The number of carbonyl (C=O) groups excluding carboxylic acids is 1. The summed E-state index contributed by atoms with van der Waals surface area (Å²) in [5.41, 5.74) is 0.739. The molecule has 0 atom stereocenters. The molecule has 1 saturated carbocycles. The molecule has 1 aliphatic rings. The van der Waals surface area contributed by atoms with E-state index >= 15 is 0 Å². The summed E-state index contributed by atoms with van der Waals surface area (Å²) in [5.74, 6) is 0.150. The molecular weight excluding hydrogens is 328 g/mol. The van der Waals surface area contributed by atoms with Gasteiger partial charge in [-0.1, -0.05) is 11.6 Å². The normalized spacial score (nSPS) is 15.1. The molecule has 1 aromatic carbocycles. The Labute approximate surface area is 145 Å². The van der Waals surface area contributed by atoms with Crippen LogP contribution in [0.2, 0.25) is 5.02 Å². The van der Waals surface area contributed by atoms with Crippen LogP contribution >= 0.6 is 11.6 Å². The number of aromatic nitrogens is 2. The molecule has 3 rings (SSSR count). The molecule has 1 aliphatic carbocycles. The number of benzene rings is 1. The Morgan fingerprint density at radius 3 is 2.79 bits per heavy atom. The van der Waals surface area contributed by atoms with E-state index in [-0.39, 0.29) is 18.4 Å². The van der Waals surface area contributed by atoms with Gasteiger partial charge in [-0.3, -0.25) is 10.1 Å². The van der Waals surface area contributed by atoms with Crippen LogP contribution in [0, 0.1) is 6.57 Å². The first-order chi connectivity index (χ1) is 11.3. The third-order valence-electron chi connectivity index (χ3n) is 4.16. The molecule has 7 heteroatoms. The van der Waals surface area contributed by atoms with Crippen LogP contribution in [-0.2, 0) is 4.79 Å². The highest BCUT2D eigenvalue weighted by Gasteiger charge is 2.27. The highest BCUT2D eigenvalue weighted by atomic mass is 35.5. The van der Waals surface area contributed by atoms with Crippen LogP contribution in [0.5, 0.6) is 0 Å². The zero-order valence-electron chi connectivity index (χ0n) is 13.6. The van der Waals surface area contributed by atoms with Gasteiger partial charge in [0, 0.05) is 11.1 Å². The summed E-state index contributed by atoms with van der Waals surface area (Å²) in [4.78, 5) is 20.1. The number of carbonyl (C=O) groups is 1. The second-order valence-corrected chi connectivity index (χ2v) is 7.24. The van der Waals surface area contributed by atoms with Crippen LogP contribution in [0.25, 0.3) is 15.9 Å². The number of hydrogen-bond donors (Lipinski definition) is 2. The molecule has 6 nitrogen and oxygen atoms in total. The molecule has 0 saturated heterocycles. The van der Waals surface area contributed by atoms with Crippen LogP contribution in [0.15, 0.2) is 12.1 Å². The van der Waals surface area contributed by atoms with Crippen LogP contribution < -0.4 is 5.32 Å². The number of nitrogens with one attached hydrogen (secondary N) is 1. The Morgan fingerprint density at radius 2 is 2.25 bits per heavy atom. The van der Waals surface area contributed by atoms with E-state index in [0.717, 1.165) is 24.8 Å². The molecule has 1 fully saturated rings. The zero-order chi connectivity index (χ0) is 17.5. The lowest BCUT2D eigenvalue weighted by molar-refractivity contribution is -0.119. The maximum absolute atomic E-state index is 12.2. The van der Waals surface area contributed by atoms with Crippen LogP contribution in [0.1, 0.15) is 45.6 Å². The Balaban J connectivity index is 2.03. The number of rotatable bonds is 4. The minimum Gasteiger partial charge on any atom is -0.390 e. The van der Waals surface area contributed by atoms with E-state index in [2.05, 4.69) is 15.1 Å². The summed E-state index contributed by atoms with van der Waals surface area (Å²) in [6.07, 6.45) is 3.13. The average molecular weight is 347 g/mol. The second-order valence-electron chi connectivity index (χ2n) is 6.83. The molecule has 1 aromatic heterocycles. The maximum atomic E-state index is 12.2.